The molecule has 2 aromatic carbocycles. The van der Waals surface area contributed by atoms with Crippen LogP contribution in [0.15, 0.2) is 52.3 Å². The van der Waals surface area contributed by atoms with Crippen molar-refractivity contribution in [3.63, 3.8) is 0 Å². The van der Waals surface area contributed by atoms with Crippen LogP contribution in [0.25, 0.3) is 10.2 Å². The highest BCUT2D eigenvalue weighted by Crippen LogP contribution is 2.31. The van der Waals surface area contributed by atoms with Crippen LogP contribution < -0.4 is 9.64 Å². The predicted octanol–water partition coefficient (Wildman–Crippen LogP) is 4.18. The van der Waals surface area contributed by atoms with E-state index in [0.717, 1.165) is 27.5 Å². The molecule has 0 N–H and O–H groups in total. The average molecular weight is 508 g/mol. The molecule has 0 spiro atoms. The maximum Gasteiger partial charge on any atom is 0.228 e. The Labute approximate surface area is 203 Å². The van der Waals surface area contributed by atoms with E-state index in [1.807, 2.05) is 43.3 Å². The van der Waals surface area contributed by atoms with Crippen LogP contribution in [0.4, 0.5) is 5.13 Å². The van der Waals surface area contributed by atoms with Gasteiger partial charge in [0.15, 0.2) is 15.0 Å². The highest BCUT2D eigenvalue weighted by molar-refractivity contribution is 7.99. The number of hydrogen-bond donors (Lipinski definition) is 0. The van der Waals surface area contributed by atoms with E-state index >= 15 is 0 Å². The lowest BCUT2D eigenvalue weighted by molar-refractivity contribution is -0.118. The number of rotatable bonds is 11. The summed E-state index contributed by atoms with van der Waals surface area (Å²) in [4.78, 5) is 22.9. The largest absolute Gasteiger partial charge is 0.497 e. The number of benzene rings is 2. The second kappa shape index (κ2) is 11.3. The summed E-state index contributed by atoms with van der Waals surface area (Å²) in [6.45, 7) is 1.23. The van der Waals surface area contributed by atoms with E-state index in [-0.39, 0.29) is 10.8 Å². The van der Waals surface area contributed by atoms with Crippen LogP contribution in [-0.4, -0.2) is 70.5 Å². The van der Waals surface area contributed by atoms with Crippen molar-refractivity contribution in [3.8, 4) is 5.75 Å². The molecule has 0 aliphatic rings. The minimum atomic E-state index is -3.30. The topological polar surface area (TPSA) is 79.8 Å². The molecular weight excluding hydrogens is 478 g/mol. The summed E-state index contributed by atoms with van der Waals surface area (Å²) in [5.41, 5.74) is 0.695. The first-order valence-electron chi connectivity index (χ1n) is 10.5. The average Bonchev–Trinajstić information content (AvgIpc) is 3.19. The van der Waals surface area contributed by atoms with Gasteiger partial charge in [0.1, 0.15) is 5.75 Å². The molecule has 3 rings (SSSR count). The Hall–Kier alpha value is -2.14. The fourth-order valence-corrected chi connectivity index (χ4v) is 5.71. The SMILES string of the molecule is COc1ccc(SCCCC(=O)N(CCN(C)C)c2nc3ccc(S(C)(=O)=O)cc3s2)cc1. The van der Waals surface area contributed by atoms with E-state index in [9.17, 15) is 13.2 Å². The normalized spacial score (nSPS) is 11.8. The molecule has 7 nitrogen and oxygen atoms in total. The third-order valence-corrected chi connectivity index (χ3v) is 8.19. The Kier molecular flexibility index (Phi) is 8.75. The third kappa shape index (κ3) is 7.17. The van der Waals surface area contributed by atoms with Gasteiger partial charge in [0, 0.05) is 30.7 Å². The zero-order valence-electron chi connectivity index (χ0n) is 19.3. The molecule has 0 saturated heterocycles. The Morgan fingerprint density at radius 2 is 1.85 bits per heavy atom. The number of thioether (sulfide) groups is 1. The zero-order valence-corrected chi connectivity index (χ0v) is 21.7. The predicted molar refractivity (Wildman–Crippen MR) is 137 cm³/mol. The lowest BCUT2D eigenvalue weighted by atomic mass is 10.3. The summed E-state index contributed by atoms with van der Waals surface area (Å²) >= 11 is 3.06. The molecule has 0 aliphatic carbocycles. The molecule has 0 saturated carbocycles. The van der Waals surface area contributed by atoms with Gasteiger partial charge in [0.05, 0.1) is 22.2 Å². The van der Waals surface area contributed by atoms with Crippen molar-refractivity contribution in [2.75, 3.05) is 51.2 Å². The summed E-state index contributed by atoms with van der Waals surface area (Å²) in [6, 6.07) is 12.8. The van der Waals surface area contributed by atoms with Crippen LogP contribution in [-0.2, 0) is 14.6 Å². The number of carbonyl (C=O) groups is 1. The number of likely N-dealkylation sites (N-methyl/N-ethyl adjacent to an activating group) is 1. The summed E-state index contributed by atoms with van der Waals surface area (Å²) in [7, 11) is 2.27. The van der Waals surface area contributed by atoms with Gasteiger partial charge in [-0.25, -0.2) is 13.4 Å². The van der Waals surface area contributed by atoms with E-state index in [0.29, 0.717) is 30.2 Å². The van der Waals surface area contributed by atoms with Crippen LogP contribution in [0.2, 0.25) is 0 Å². The van der Waals surface area contributed by atoms with Gasteiger partial charge < -0.3 is 9.64 Å². The molecule has 0 unspecified atom stereocenters. The van der Waals surface area contributed by atoms with Crippen LogP contribution in [0.5, 0.6) is 5.75 Å². The molecule has 33 heavy (non-hydrogen) atoms. The Bertz CT molecular complexity index is 1190. The molecule has 0 fully saturated rings. The highest BCUT2D eigenvalue weighted by atomic mass is 32.2. The van der Waals surface area contributed by atoms with E-state index in [1.165, 1.54) is 17.6 Å². The zero-order chi connectivity index (χ0) is 24.0. The lowest BCUT2D eigenvalue weighted by Gasteiger charge is -2.22. The molecule has 10 heteroatoms. The maximum absolute atomic E-state index is 13.1. The number of methoxy groups -OCH3 is 1. The van der Waals surface area contributed by atoms with Crippen molar-refractivity contribution in [2.45, 2.75) is 22.6 Å². The summed E-state index contributed by atoms with van der Waals surface area (Å²) < 4.78 is 29.7. The van der Waals surface area contributed by atoms with Gasteiger partial charge in [0.2, 0.25) is 5.91 Å². The minimum Gasteiger partial charge on any atom is -0.497 e. The Morgan fingerprint density at radius 1 is 1.12 bits per heavy atom. The van der Waals surface area contributed by atoms with Crippen LogP contribution in [0.1, 0.15) is 12.8 Å². The monoisotopic (exact) mass is 507 g/mol. The summed E-state index contributed by atoms with van der Waals surface area (Å²) in [6.07, 6.45) is 2.35. The first-order valence-corrected chi connectivity index (χ1v) is 14.2. The number of carbonyl (C=O) groups excluding carboxylic acids is 1. The molecule has 3 aromatic rings. The number of anilines is 1. The number of nitrogens with zero attached hydrogens (tertiary/aromatic N) is 3. The smallest absolute Gasteiger partial charge is 0.228 e. The van der Waals surface area contributed by atoms with Crippen LogP contribution in [0, 0.1) is 0 Å². The Morgan fingerprint density at radius 3 is 2.48 bits per heavy atom. The molecule has 0 atom stereocenters. The fourth-order valence-electron chi connectivity index (χ4n) is 3.09. The number of aromatic nitrogens is 1. The lowest BCUT2D eigenvalue weighted by Crippen LogP contribution is -2.36. The number of amides is 1. The quantitative estimate of drug-likeness (QED) is 0.285. The van der Waals surface area contributed by atoms with E-state index in [1.54, 1.807) is 42.0 Å². The van der Waals surface area contributed by atoms with E-state index < -0.39 is 9.84 Å². The molecular formula is C23H29N3O4S3. The van der Waals surface area contributed by atoms with Crippen LogP contribution >= 0.6 is 23.1 Å². The van der Waals surface area contributed by atoms with Gasteiger partial charge in [-0.05, 0) is 68.7 Å². The second-order valence-electron chi connectivity index (χ2n) is 7.87. The van der Waals surface area contributed by atoms with Gasteiger partial charge in [0.25, 0.3) is 0 Å². The molecule has 178 valence electrons. The fraction of sp³-hybridized carbons (Fsp3) is 0.391. The van der Waals surface area contributed by atoms with Gasteiger partial charge in [-0.1, -0.05) is 11.3 Å². The Balaban J connectivity index is 1.68. The van der Waals surface area contributed by atoms with Crippen molar-refractivity contribution in [1.29, 1.82) is 0 Å². The number of fused-ring (bicyclic) bond motifs is 1. The van der Waals surface area contributed by atoms with Crippen molar-refractivity contribution in [2.24, 2.45) is 0 Å². The number of hydrogen-bond acceptors (Lipinski definition) is 8. The third-order valence-electron chi connectivity index (χ3n) is 4.94. The van der Waals surface area contributed by atoms with E-state index in [4.69, 9.17) is 4.74 Å². The molecule has 0 radical (unpaired) electrons. The van der Waals surface area contributed by atoms with E-state index in [2.05, 4.69) is 4.98 Å². The maximum atomic E-state index is 13.1. The van der Waals surface area contributed by atoms with Crippen molar-refractivity contribution < 1.29 is 17.9 Å². The van der Waals surface area contributed by atoms with Crippen molar-refractivity contribution in [1.82, 2.24) is 9.88 Å². The molecule has 1 amide bonds. The second-order valence-corrected chi connectivity index (χ2v) is 12.1. The first-order chi connectivity index (χ1) is 15.7. The molecule has 1 heterocycles. The minimum absolute atomic E-state index is 0.0228. The number of ether oxygens (including phenoxy) is 1. The van der Waals surface area contributed by atoms with Gasteiger partial charge in [-0.15, -0.1) is 11.8 Å². The summed E-state index contributed by atoms with van der Waals surface area (Å²) in [5.74, 6) is 1.68. The van der Waals surface area contributed by atoms with Gasteiger partial charge in [-0.3, -0.25) is 9.69 Å². The highest BCUT2D eigenvalue weighted by Gasteiger charge is 2.20. The molecule has 1 aromatic heterocycles. The molecule has 0 aliphatic heterocycles. The van der Waals surface area contributed by atoms with Gasteiger partial charge in [-0.2, -0.15) is 0 Å². The molecule has 0 bridgehead atoms. The van der Waals surface area contributed by atoms with Crippen LogP contribution in [0.3, 0.4) is 0 Å². The first kappa shape index (κ1) is 25.5. The van der Waals surface area contributed by atoms with Crippen molar-refractivity contribution in [3.05, 3.63) is 42.5 Å². The number of sulfone groups is 1. The number of thiazole rings is 1. The standard InChI is InChI=1S/C23H29N3O4S3/c1-25(2)13-14-26(22(27)6-5-15-31-18-9-7-17(30-3)8-10-18)23-24-20-12-11-19(33(4,28)29)16-21(20)32-23/h7-12,16H,5-6,13-15H2,1-4H3. The summed E-state index contributed by atoms with van der Waals surface area (Å²) in [5, 5.41) is 0.602. The van der Waals surface area contributed by atoms with Crippen molar-refractivity contribution >= 4 is 54.2 Å². The van der Waals surface area contributed by atoms with Gasteiger partial charge >= 0.3 is 0 Å².